The number of carbonyl (C=O) groups excluding carboxylic acids is 1. The molecule has 1 N–H and O–H groups in total. The largest absolute Gasteiger partial charge is 0.465 e. The third-order valence-corrected chi connectivity index (χ3v) is 4.60. The number of esters is 1. The third kappa shape index (κ3) is 4.80. The molecule has 0 bridgehead atoms. The van der Waals surface area contributed by atoms with Gasteiger partial charge in [0.1, 0.15) is 5.65 Å². The molecule has 0 aliphatic carbocycles. The number of rotatable bonds is 4. The molecular formula is C25H19N3O3. The first-order chi connectivity index (χ1) is 15.1. The Bertz CT molecular complexity index is 1380. The highest BCUT2D eigenvalue weighted by atomic mass is 16.5. The molecule has 0 amide bonds. The second-order valence-electron chi connectivity index (χ2n) is 6.77. The Labute approximate surface area is 179 Å². The summed E-state index contributed by atoms with van der Waals surface area (Å²) < 4.78 is 6.25. The highest BCUT2D eigenvalue weighted by Gasteiger charge is 2.04. The zero-order chi connectivity index (χ0) is 21.6. The van der Waals surface area contributed by atoms with Crippen LogP contribution in [0.4, 0.5) is 5.69 Å². The quantitative estimate of drug-likeness (QED) is 0.413. The van der Waals surface area contributed by atoms with Crippen molar-refractivity contribution in [1.29, 1.82) is 0 Å². The number of nitrogens with zero attached hydrogens (tertiary/aromatic N) is 2. The Hall–Kier alpha value is -4.37. The number of ether oxygens (including phenoxy) is 1. The van der Waals surface area contributed by atoms with Crippen molar-refractivity contribution in [2.75, 3.05) is 12.4 Å². The fraction of sp³-hybridized carbons (Fsp3) is 0.0800. The molecule has 2 heterocycles. The standard InChI is InChI=1S/C25H19N3O3/c1-31-25(30)20-8-4-6-18(14-20)11-12-19-7-5-9-21(15-19)26-17-22-16-24(29)28-13-3-2-10-23(28)27-22/h2-10,13-16,26H,17H2,1H3. The van der Waals surface area contributed by atoms with Crippen LogP contribution in [0.25, 0.3) is 5.65 Å². The predicted octanol–water partition coefficient (Wildman–Crippen LogP) is 3.49. The normalized spacial score (nSPS) is 10.2. The van der Waals surface area contributed by atoms with Gasteiger partial charge in [-0.3, -0.25) is 9.20 Å². The summed E-state index contributed by atoms with van der Waals surface area (Å²) in [7, 11) is 1.35. The second-order valence-corrected chi connectivity index (χ2v) is 6.77. The maximum absolute atomic E-state index is 12.2. The molecule has 4 aromatic rings. The Balaban J connectivity index is 1.49. The van der Waals surface area contributed by atoms with Gasteiger partial charge in [-0.15, -0.1) is 0 Å². The molecule has 31 heavy (non-hydrogen) atoms. The van der Waals surface area contributed by atoms with Crippen molar-refractivity contribution in [2.45, 2.75) is 6.54 Å². The minimum absolute atomic E-state index is 0.115. The van der Waals surface area contributed by atoms with E-state index in [2.05, 4.69) is 22.1 Å². The number of hydrogen-bond donors (Lipinski definition) is 1. The molecule has 2 aromatic carbocycles. The second kappa shape index (κ2) is 8.97. The van der Waals surface area contributed by atoms with Gasteiger partial charge in [-0.2, -0.15) is 0 Å². The molecule has 6 nitrogen and oxygen atoms in total. The van der Waals surface area contributed by atoms with Crippen molar-refractivity contribution < 1.29 is 9.53 Å². The van der Waals surface area contributed by atoms with Gasteiger partial charge in [0.05, 0.1) is 24.9 Å². The van der Waals surface area contributed by atoms with E-state index >= 15 is 0 Å². The van der Waals surface area contributed by atoms with Gasteiger partial charge in [0.2, 0.25) is 0 Å². The van der Waals surface area contributed by atoms with Crippen LogP contribution in [0.5, 0.6) is 0 Å². The maximum Gasteiger partial charge on any atom is 0.337 e. The SMILES string of the molecule is COC(=O)c1cccc(C#Cc2cccc(NCc3cc(=O)n4ccccc4n3)c2)c1. The molecular weight excluding hydrogens is 390 g/mol. The number of fused-ring (bicyclic) bond motifs is 1. The molecule has 0 aliphatic heterocycles. The Morgan fingerprint density at radius 1 is 1.00 bits per heavy atom. The first-order valence-corrected chi connectivity index (χ1v) is 9.64. The van der Waals surface area contributed by atoms with E-state index in [0.29, 0.717) is 23.4 Å². The Morgan fingerprint density at radius 2 is 1.77 bits per heavy atom. The molecule has 0 spiro atoms. The summed E-state index contributed by atoms with van der Waals surface area (Å²) in [4.78, 5) is 28.4. The molecule has 152 valence electrons. The molecule has 0 radical (unpaired) electrons. The molecule has 0 aliphatic rings. The molecule has 6 heteroatoms. The van der Waals surface area contributed by atoms with E-state index in [4.69, 9.17) is 4.74 Å². The first-order valence-electron chi connectivity index (χ1n) is 9.64. The number of aromatic nitrogens is 2. The van der Waals surface area contributed by atoms with E-state index in [9.17, 15) is 9.59 Å². The van der Waals surface area contributed by atoms with Gasteiger partial charge in [-0.05, 0) is 48.5 Å². The van der Waals surface area contributed by atoms with E-state index in [0.717, 1.165) is 16.8 Å². The summed E-state index contributed by atoms with van der Waals surface area (Å²) in [6.45, 7) is 0.415. The van der Waals surface area contributed by atoms with E-state index in [1.54, 1.807) is 36.5 Å². The topological polar surface area (TPSA) is 72.7 Å². The summed E-state index contributed by atoms with van der Waals surface area (Å²) in [5.41, 5.74) is 4.03. The summed E-state index contributed by atoms with van der Waals surface area (Å²) in [6, 6.07) is 21.6. The van der Waals surface area contributed by atoms with Crippen molar-refractivity contribution in [3.8, 4) is 11.8 Å². The molecule has 0 saturated carbocycles. The van der Waals surface area contributed by atoms with Gasteiger partial charge in [-0.1, -0.05) is 30.0 Å². The highest BCUT2D eigenvalue weighted by molar-refractivity contribution is 5.89. The molecule has 0 atom stereocenters. The molecule has 2 aromatic heterocycles. The zero-order valence-electron chi connectivity index (χ0n) is 16.8. The van der Waals surface area contributed by atoms with Crippen LogP contribution in [0.1, 0.15) is 27.2 Å². The third-order valence-electron chi connectivity index (χ3n) is 4.60. The van der Waals surface area contributed by atoms with Crippen molar-refractivity contribution in [3.05, 3.63) is 112 Å². The average molecular weight is 409 g/mol. The van der Waals surface area contributed by atoms with Crippen molar-refractivity contribution in [2.24, 2.45) is 0 Å². The highest BCUT2D eigenvalue weighted by Crippen LogP contribution is 2.12. The monoisotopic (exact) mass is 409 g/mol. The van der Waals surface area contributed by atoms with Gasteiger partial charge < -0.3 is 10.1 Å². The van der Waals surface area contributed by atoms with Gasteiger partial charge >= 0.3 is 5.97 Å². The van der Waals surface area contributed by atoms with Crippen LogP contribution in [0.3, 0.4) is 0 Å². The Kier molecular flexibility index (Phi) is 5.77. The fourth-order valence-corrected chi connectivity index (χ4v) is 3.08. The first kappa shape index (κ1) is 19.9. The average Bonchev–Trinajstić information content (AvgIpc) is 2.81. The fourth-order valence-electron chi connectivity index (χ4n) is 3.08. The van der Waals surface area contributed by atoms with Crippen LogP contribution in [-0.4, -0.2) is 22.5 Å². The molecule has 0 unspecified atom stereocenters. The lowest BCUT2D eigenvalue weighted by atomic mass is 10.1. The molecule has 0 saturated heterocycles. The van der Waals surface area contributed by atoms with Crippen LogP contribution in [0.15, 0.2) is 83.8 Å². The number of pyridine rings is 1. The number of anilines is 1. The van der Waals surface area contributed by atoms with Gasteiger partial charge in [0.25, 0.3) is 5.56 Å². The predicted molar refractivity (Wildman–Crippen MR) is 119 cm³/mol. The lowest BCUT2D eigenvalue weighted by Crippen LogP contribution is -2.16. The number of benzene rings is 2. The number of methoxy groups -OCH3 is 1. The number of hydrogen-bond acceptors (Lipinski definition) is 5. The van der Waals surface area contributed by atoms with Gasteiger partial charge in [0, 0.05) is 29.1 Å². The van der Waals surface area contributed by atoms with E-state index < -0.39 is 5.97 Å². The number of carbonyl (C=O) groups is 1. The van der Waals surface area contributed by atoms with E-state index in [1.807, 2.05) is 36.4 Å². The van der Waals surface area contributed by atoms with Crippen LogP contribution >= 0.6 is 0 Å². The van der Waals surface area contributed by atoms with Gasteiger partial charge in [0.15, 0.2) is 0 Å². The van der Waals surface area contributed by atoms with Crippen LogP contribution in [0, 0.1) is 11.8 Å². The summed E-state index contributed by atoms with van der Waals surface area (Å²) in [5, 5.41) is 3.28. The van der Waals surface area contributed by atoms with Crippen molar-refractivity contribution in [1.82, 2.24) is 9.38 Å². The van der Waals surface area contributed by atoms with Gasteiger partial charge in [-0.25, -0.2) is 9.78 Å². The summed E-state index contributed by atoms with van der Waals surface area (Å²) >= 11 is 0. The van der Waals surface area contributed by atoms with Crippen LogP contribution in [-0.2, 0) is 11.3 Å². The van der Waals surface area contributed by atoms with E-state index in [1.165, 1.54) is 17.6 Å². The number of nitrogens with one attached hydrogen (secondary N) is 1. The van der Waals surface area contributed by atoms with E-state index in [-0.39, 0.29) is 5.56 Å². The summed E-state index contributed by atoms with van der Waals surface area (Å²) in [6.07, 6.45) is 1.70. The van der Waals surface area contributed by atoms with Crippen LogP contribution in [0.2, 0.25) is 0 Å². The lowest BCUT2D eigenvalue weighted by Gasteiger charge is -2.07. The molecule has 0 fully saturated rings. The van der Waals surface area contributed by atoms with Crippen molar-refractivity contribution >= 4 is 17.3 Å². The van der Waals surface area contributed by atoms with Crippen molar-refractivity contribution in [3.63, 3.8) is 0 Å². The Morgan fingerprint density at radius 3 is 2.58 bits per heavy atom. The summed E-state index contributed by atoms with van der Waals surface area (Å²) in [5.74, 6) is 5.78. The minimum Gasteiger partial charge on any atom is -0.465 e. The lowest BCUT2D eigenvalue weighted by molar-refractivity contribution is 0.0600. The minimum atomic E-state index is -0.392. The smallest absolute Gasteiger partial charge is 0.337 e. The maximum atomic E-state index is 12.2. The zero-order valence-corrected chi connectivity index (χ0v) is 16.8. The molecule has 4 rings (SSSR count). The van der Waals surface area contributed by atoms with Crippen LogP contribution < -0.4 is 10.9 Å².